The third-order valence-electron chi connectivity index (χ3n) is 4.23. The zero-order valence-corrected chi connectivity index (χ0v) is 14.2. The zero-order chi connectivity index (χ0) is 17.6. The molecule has 0 aliphatic rings. The smallest absolute Gasteiger partial charge is 0.142 e. The first-order chi connectivity index (χ1) is 12.9. The maximum Gasteiger partial charge on any atom is 0.142 e. The van der Waals surface area contributed by atoms with Gasteiger partial charge in [0, 0.05) is 11.8 Å². The summed E-state index contributed by atoms with van der Waals surface area (Å²) >= 11 is 0. The molecular weight excluding hydrogens is 320 g/mol. The van der Waals surface area contributed by atoms with Crippen LogP contribution in [-0.4, -0.2) is 11.2 Å². The standard InChI is InChI=1S/C23H18N2O/c1-2-8-20(9-3-1)23-15-18(13-14-24-23)16-25-26-17-21-11-6-10-19-7-4-5-12-22(19)21/h1-16H,17H2. The average molecular weight is 338 g/mol. The molecule has 1 aromatic heterocycles. The maximum atomic E-state index is 5.53. The predicted molar refractivity (Wildman–Crippen MR) is 106 cm³/mol. The van der Waals surface area contributed by atoms with Gasteiger partial charge in [-0.3, -0.25) is 4.98 Å². The summed E-state index contributed by atoms with van der Waals surface area (Å²) in [6, 6.07) is 28.5. The number of aromatic nitrogens is 1. The van der Waals surface area contributed by atoms with Gasteiger partial charge in [-0.1, -0.05) is 78.0 Å². The van der Waals surface area contributed by atoms with Gasteiger partial charge in [0.15, 0.2) is 0 Å². The van der Waals surface area contributed by atoms with Crippen LogP contribution in [0.2, 0.25) is 0 Å². The minimum atomic E-state index is 0.439. The van der Waals surface area contributed by atoms with Crippen LogP contribution in [0.3, 0.4) is 0 Å². The highest BCUT2D eigenvalue weighted by molar-refractivity contribution is 5.85. The van der Waals surface area contributed by atoms with Crippen LogP contribution in [0, 0.1) is 0 Å². The quantitative estimate of drug-likeness (QED) is 0.358. The predicted octanol–water partition coefficient (Wildman–Crippen LogP) is 5.45. The van der Waals surface area contributed by atoms with Gasteiger partial charge in [-0.05, 0) is 34.0 Å². The Labute approximate surface area is 152 Å². The van der Waals surface area contributed by atoms with Crippen LogP contribution in [0.25, 0.3) is 22.0 Å². The molecule has 0 bridgehead atoms. The third kappa shape index (κ3) is 3.62. The van der Waals surface area contributed by atoms with Crippen LogP contribution in [0.5, 0.6) is 0 Å². The van der Waals surface area contributed by atoms with Crippen molar-refractivity contribution in [3.05, 3.63) is 102 Å². The van der Waals surface area contributed by atoms with Crippen LogP contribution < -0.4 is 0 Å². The van der Waals surface area contributed by atoms with Crippen molar-refractivity contribution in [2.24, 2.45) is 5.16 Å². The Hall–Kier alpha value is -3.46. The lowest BCUT2D eigenvalue weighted by Gasteiger charge is -2.05. The summed E-state index contributed by atoms with van der Waals surface area (Å²) in [5, 5.41) is 6.53. The Morgan fingerprint density at radius 1 is 0.846 bits per heavy atom. The van der Waals surface area contributed by atoms with E-state index < -0.39 is 0 Å². The van der Waals surface area contributed by atoms with Crippen molar-refractivity contribution >= 4 is 17.0 Å². The highest BCUT2D eigenvalue weighted by atomic mass is 16.6. The first kappa shape index (κ1) is 16.0. The molecule has 3 aromatic carbocycles. The van der Waals surface area contributed by atoms with E-state index in [2.05, 4.69) is 34.4 Å². The third-order valence-corrected chi connectivity index (χ3v) is 4.23. The SMILES string of the molecule is C(=NOCc1cccc2ccccc12)c1ccnc(-c2ccccc2)c1. The lowest BCUT2D eigenvalue weighted by Crippen LogP contribution is -1.91. The summed E-state index contributed by atoms with van der Waals surface area (Å²) in [4.78, 5) is 9.94. The van der Waals surface area contributed by atoms with Gasteiger partial charge in [-0.25, -0.2) is 0 Å². The van der Waals surface area contributed by atoms with E-state index in [0.717, 1.165) is 22.4 Å². The molecule has 0 aliphatic carbocycles. The van der Waals surface area contributed by atoms with Gasteiger partial charge in [0.2, 0.25) is 0 Å². The molecule has 0 amide bonds. The second kappa shape index (κ2) is 7.62. The number of pyridine rings is 1. The summed E-state index contributed by atoms with van der Waals surface area (Å²) in [6.07, 6.45) is 3.51. The minimum Gasteiger partial charge on any atom is -0.391 e. The largest absolute Gasteiger partial charge is 0.391 e. The average Bonchev–Trinajstić information content (AvgIpc) is 2.72. The minimum absolute atomic E-state index is 0.439. The van der Waals surface area contributed by atoms with Gasteiger partial charge in [0.25, 0.3) is 0 Å². The van der Waals surface area contributed by atoms with E-state index in [1.807, 2.05) is 60.7 Å². The number of rotatable bonds is 5. The Morgan fingerprint density at radius 2 is 1.65 bits per heavy atom. The van der Waals surface area contributed by atoms with Crippen LogP contribution in [0.4, 0.5) is 0 Å². The summed E-state index contributed by atoms with van der Waals surface area (Å²) in [7, 11) is 0. The van der Waals surface area contributed by atoms with E-state index >= 15 is 0 Å². The second-order valence-electron chi connectivity index (χ2n) is 5.99. The zero-order valence-electron chi connectivity index (χ0n) is 14.2. The maximum absolute atomic E-state index is 5.53. The summed E-state index contributed by atoms with van der Waals surface area (Å²) < 4.78 is 0. The number of fused-ring (bicyclic) bond motifs is 1. The van der Waals surface area contributed by atoms with Crippen LogP contribution in [-0.2, 0) is 11.4 Å². The molecule has 26 heavy (non-hydrogen) atoms. The molecule has 0 atom stereocenters. The van der Waals surface area contributed by atoms with E-state index in [1.165, 1.54) is 10.8 Å². The molecular formula is C23H18N2O. The van der Waals surface area contributed by atoms with Gasteiger partial charge in [0.1, 0.15) is 6.61 Å². The van der Waals surface area contributed by atoms with E-state index in [-0.39, 0.29) is 0 Å². The molecule has 0 aliphatic heterocycles. The first-order valence-electron chi connectivity index (χ1n) is 8.53. The molecule has 0 spiro atoms. The second-order valence-corrected chi connectivity index (χ2v) is 5.99. The molecule has 4 aromatic rings. The monoisotopic (exact) mass is 338 g/mol. The fourth-order valence-electron chi connectivity index (χ4n) is 2.92. The molecule has 4 rings (SSSR count). The van der Waals surface area contributed by atoms with Crippen molar-refractivity contribution in [1.29, 1.82) is 0 Å². The number of nitrogens with zero attached hydrogens (tertiary/aromatic N) is 2. The highest BCUT2D eigenvalue weighted by Gasteiger charge is 2.01. The Balaban J connectivity index is 1.46. The highest BCUT2D eigenvalue weighted by Crippen LogP contribution is 2.19. The molecule has 3 heteroatoms. The van der Waals surface area contributed by atoms with Crippen molar-refractivity contribution in [2.75, 3.05) is 0 Å². The van der Waals surface area contributed by atoms with Gasteiger partial charge in [-0.2, -0.15) is 0 Å². The van der Waals surface area contributed by atoms with Crippen molar-refractivity contribution < 1.29 is 4.84 Å². The van der Waals surface area contributed by atoms with Gasteiger partial charge < -0.3 is 4.84 Å². The number of hydrogen-bond donors (Lipinski definition) is 0. The Morgan fingerprint density at radius 3 is 2.58 bits per heavy atom. The summed E-state index contributed by atoms with van der Waals surface area (Å²) in [6.45, 7) is 0.439. The molecule has 126 valence electrons. The Kier molecular flexibility index (Phi) is 4.70. The molecule has 0 fully saturated rings. The molecule has 0 radical (unpaired) electrons. The summed E-state index contributed by atoms with van der Waals surface area (Å²) in [5.41, 5.74) is 4.08. The molecule has 0 saturated heterocycles. The molecule has 0 saturated carbocycles. The first-order valence-corrected chi connectivity index (χ1v) is 8.53. The van der Waals surface area contributed by atoms with Crippen molar-refractivity contribution in [3.63, 3.8) is 0 Å². The number of hydrogen-bond acceptors (Lipinski definition) is 3. The topological polar surface area (TPSA) is 34.5 Å². The molecule has 0 N–H and O–H groups in total. The van der Waals surface area contributed by atoms with E-state index in [9.17, 15) is 0 Å². The van der Waals surface area contributed by atoms with Crippen LogP contribution in [0.1, 0.15) is 11.1 Å². The van der Waals surface area contributed by atoms with E-state index in [4.69, 9.17) is 4.84 Å². The normalized spacial score (nSPS) is 11.1. The van der Waals surface area contributed by atoms with Gasteiger partial charge in [0.05, 0.1) is 11.9 Å². The lowest BCUT2D eigenvalue weighted by molar-refractivity contribution is 0.133. The fraction of sp³-hybridized carbons (Fsp3) is 0.0435. The Bertz CT molecular complexity index is 1040. The van der Waals surface area contributed by atoms with E-state index in [1.54, 1.807) is 12.4 Å². The van der Waals surface area contributed by atoms with Crippen LogP contribution in [0.15, 0.2) is 96.3 Å². The molecule has 0 unspecified atom stereocenters. The fourth-order valence-corrected chi connectivity index (χ4v) is 2.92. The number of benzene rings is 3. The number of oxime groups is 1. The molecule has 1 heterocycles. The van der Waals surface area contributed by atoms with Gasteiger partial charge in [-0.15, -0.1) is 0 Å². The van der Waals surface area contributed by atoms with Crippen molar-refractivity contribution in [2.45, 2.75) is 6.61 Å². The van der Waals surface area contributed by atoms with Crippen molar-refractivity contribution in [1.82, 2.24) is 4.98 Å². The molecule has 3 nitrogen and oxygen atoms in total. The van der Waals surface area contributed by atoms with Crippen LogP contribution >= 0.6 is 0 Å². The van der Waals surface area contributed by atoms with Gasteiger partial charge >= 0.3 is 0 Å². The van der Waals surface area contributed by atoms with E-state index in [0.29, 0.717) is 6.61 Å². The lowest BCUT2D eigenvalue weighted by atomic mass is 10.1. The van der Waals surface area contributed by atoms with Crippen molar-refractivity contribution in [3.8, 4) is 11.3 Å². The summed E-state index contributed by atoms with van der Waals surface area (Å²) in [5.74, 6) is 0.